The van der Waals surface area contributed by atoms with Gasteiger partial charge in [-0.3, -0.25) is 14.4 Å². The number of nitrogens with zero attached hydrogens (tertiary/aromatic N) is 1. The third kappa shape index (κ3) is 6.62. The number of rotatable bonds is 9. The summed E-state index contributed by atoms with van der Waals surface area (Å²) in [5.41, 5.74) is 5.71. The van der Waals surface area contributed by atoms with Crippen molar-refractivity contribution in [3.8, 4) is 0 Å². The van der Waals surface area contributed by atoms with E-state index in [2.05, 4.69) is 10.6 Å². The Bertz CT molecular complexity index is 464. The van der Waals surface area contributed by atoms with E-state index in [1.807, 2.05) is 6.92 Å². The fraction of sp³-hybridized carbons (Fsp3) is 0.824. The maximum Gasteiger partial charge on any atom is 0.250 e. The van der Waals surface area contributed by atoms with Crippen molar-refractivity contribution in [3.05, 3.63) is 0 Å². The maximum absolute atomic E-state index is 12.3. The third-order valence-electron chi connectivity index (χ3n) is 4.61. The molecule has 1 fully saturated rings. The fourth-order valence-corrected chi connectivity index (χ4v) is 3.13. The molecule has 0 aromatic heterocycles. The van der Waals surface area contributed by atoms with E-state index in [1.165, 1.54) is 4.90 Å². The third-order valence-corrected chi connectivity index (χ3v) is 4.61. The number of nitrogens with two attached hydrogens (primary N) is 1. The first-order valence-corrected chi connectivity index (χ1v) is 8.99. The molecule has 0 aromatic carbocycles. The molecule has 0 radical (unpaired) electrons. The summed E-state index contributed by atoms with van der Waals surface area (Å²) < 4.78 is 0. The summed E-state index contributed by atoms with van der Waals surface area (Å²) >= 11 is 0. The molecule has 0 aromatic rings. The van der Waals surface area contributed by atoms with Crippen molar-refractivity contribution >= 4 is 17.7 Å². The summed E-state index contributed by atoms with van der Waals surface area (Å²) in [7, 11) is 3.31. The predicted octanol–water partition coefficient (Wildman–Crippen LogP) is -0.646. The highest BCUT2D eigenvalue weighted by molar-refractivity contribution is 5.91. The van der Waals surface area contributed by atoms with Crippen molar-refractivity contribution in [1.29, 1.82) is 0 Å². The van der Waals surface area contributed by atoms with Crippen LogP contribution < -0.4 is 16.4 Å². The van der Waals surface area contributed by atoms with Crippen molar-refractivity contribution in [2.24, 2.45) is 11.7 Å². The van der Waals surface area contributed by atoms with E-state index in [1.54, 1.807) is 14.1 Å². The standard InChI is InChI=1S/C17H32N4O4/c1-4-7-12(18)15(23)16(24)19-10-13(22)20-14(17(25)21(2)3)11-8-5-6-9-11/h11-12,14-15,23H,4-10,18H2,1-3H3,(H,19,24)(H,20,22)/t12-,14?,15?/m0/s1. The highest BCUT2D eigenvalue weighted by Crippen LogP contribution is 2.28. The number of likely N-dealkylation sites (N-methyl/N-ethyl adjacent to an activating group) is 1. The topological polar surface area (TPSA) is 125 Å². The van der Waals surface area contributed by atoms with Gasteiger partial charge in [0.15, 0.2) is 0 Å². The van der Waals surface area contributed by atoms with E-state index in [-0.39, 0.29) is 18.4 Å². The molecule has 1 saturated carbocycles. The second-order valence-electron chi connectivity index (χ2n) is 6.94. The van der Waals surface area contributed by atoms with Crippen LogP contribution in [0.1, 0.15) is 45.4 Å². The van der Waals surface area contributed by atoms with Crippen LogP contribution in [0.5, 0.6) is 0 Å². The van der Waals surface area contributed by atoms with Crippen LogP contribution >= 0.6 is 0 Å². The summed E-state index contributed by atoms with van der Waals surface area (Å²) in [6, 6.07) is -1.23. The lowest BCUT2D eigenvalue weighted by molar-refractivity contribution is -0.136. The molecule has 0 spiro atoms. The van der Waals surface area contributed by atoms with E-state index in [0.29, 0.717) is 6.42 Å². The first kappa shape index (κ1) is 21.4. The van der Waals surface area contributed by atoms with E-state index in [9.17, 15) is 19.5 Å². The molecule has 8 nitrogen and oxygen atoms in total. The molecular formula is C17H32N4O4. The molecule has 1 aliphatic carbocycles. The van der Waals surface area contributed by atoms with Gasteiger partial charge < -0.3 is 26.4 Å². The molecule has 144 valence electrons. The number of nitrogens with one attached hydrogen (secondary N) is 2. The molecule has 0 heterocycles. The molecule has 1 rings (SSSR count). The first-order chi connectivity index (χ1) is 11.8. The summed E-state index contributed by atoms with van der Waals surface area (Å²) in [5, 5.41) is 14.9. The number of amides is 3. The molecule has 8 heteroatoms. The van der Waals surface area contributed by atoms with Crippen molar-refractivity contribution in [2.75, 3.05) is 20.6 Å². The minimum Gasteiger partial charge on any atom is -0.382 e. The summed E-state index contributed by atoms with van der Waals surface area (Å²) in [4.78, 5) is 37.8. The van der Waals surface area contributed by atoms with Crippen LogP contribution in [-0.4, -0.2) is 66.6 Å². The lowest BCUT2D eigenvalue weighted by Gasteiger charge is -2.26. The summed E-state index contributed by atoms with van der Waals surface area (Å²) in [5.74, 6) is -1.14. The maximum atomic E-state index is 12.3. The summed E-state index contributed by atoms with van der Waals surface area (Å²) in [6.07, 6.45) is 3.83. The zero-order valence-electron chi connectivity index (χ0n) is 15.5. The Hall–Kier alpha value is -1.67. The van der Waals surface area contributed by atoms with Crippen LogP contribution in [0.25, 0.3) is 0 Å². The van der Waals surface area contributed by atoms with E-state index in [0.717, 1.165) is 32.1 Å². The highest BCUT2D eigenvalue weighted by atomic mass is 16.3. The van der Waals surface area contributed by atoms with Crippen LogP contribution in [0.15, 0.2) is 0 Å². The minimum absolute atomic E-state index is 0.123. The van der Waals surface area contributed by atoms with Gasteiger partial charge in [0.2, 0.25) is 11.8 Å². The van der Waals surface area contributed by atoms with Gasteiger partial charge in [-0.25, -0.2) is 0 Å². The Labute approximate surface area is 149 Å². The van der Waals surface area contributed by atoms with Gasteiger partial charge in [-0.1, -0.05) is 26.2 Å². The molecular weight excluding hydrogens is 324 g/mol. The Balaban J connectivity index is 2.54. The molecule has 0 saturated heterocycles. The molecule has 3 amide bonds. The minimum atomic E-state index is -1.35. The van der Waals surface area contributed by atoms with Crippen molar-refractivity contribution in [2.45, 2.75) is 63.6 Å². The SMILES string of the molecule is CCC[C@H](N)C(O)C(=O)NCC(=O)NC(C(=O)N(C)C)C1CCCC1. The Morgan fingerprint density at radius 2 is 1.84 bits per heavy atom. The Morgan fingerprint density at radius 1 is 1.24 bits per heavy atom. The zero-order valence-corrected chi connectivity index (χ0v) is 15.5. The largest absolute Gasteiger partial charge is 0.382 e. The smallest absolute Gasteiger partial charge is 0.250 e. The molecule has 3 atom stereocenters. The van der Waals surface area contributed by atoms with Crippen LogP contribution in [0.3, 0.4) is 0 Å². The molecule has 1 aliphatic rings. The van der Waals surface area contributed by atoms with Crippen LogP contribution in [0.2, 0.25) is 0 Å². The first-order valence-electron chi connectivity index (χ1n) is 8.99. The van der Waals surface area contributed by atoms with E-state index < -0.39 is 30.0 Å². The number of carbonyl (C=O) groups is 3. The number of hydrogen-bond donors (Lipinski definition) is 4. The Morgan fingerprint density at radius 3 is 2.36 bits per heavy atom. The van der Waals surface area contributed by atoms with Gasteiger partial charge in [-0.05, 0) is 25.2 Å². The van der Waals surface area contributed by atoms with Crippen LogP contribution in [0, 0.1) is 5.92 Å². The number of aliphatic hydroxyl groups is 1. The van der Waals surface area contributed by atoms with Gasteiger partial charge in [0.25, 0.3) is 5.91 Å². The van der Waals surface area contributed by atoms with Crippen LogP contribution in [-0.2, 0) is 14.4 Å². The number of carbonyl (C=O) groups excluding carboxylic acids is 3. The molecule has 0 aliphatic heterocycles. The second kappa shape index (κ2) is 10.4. The monoisotopic (exact) mass is 356 g/mol. The quantitative estimate of drug-likeness (QED) is 0.437. The average Bonchev–Trinajstić information content (AvgIpc) is 3.10. The zero-order chi connectivity index (χ0) is 19.0. The van der Waals surface area contributed by atoms with E-state index in [4.69, 9.17) is 5.73 Å². The molecule has 0 bridgehead atoms. The van der Waals surface area contributed by atoms with Gasteiger partial charge in [0.05, 0.1) is 6.54 Å². The lowest BCUT2D eigenvalue weighted by atomic mass is 9.97. The van der Waals surface area contributed by atoms with Crippen molar-refractivity contribution in [1.82, 2.24) is 15.5 Å². The summed E-state index contributed by atoms with van der Waals surface area (Å²) in [6.45, 7) is 1.61. The number of aliphatic hydroxyl groups excluding tert-OH is 1. The van der Waals surface area contributed by atoms with Crippen molar-refractivity contribution in [3.63, 3.8) is 0 Å². The van der Waals surface area contributed by atoms with Gasteiger partial charge in [-0.2, -0.15) is 0 Å². The fourth-order valence-electron chi connectivity index (χ4n) is 3.13. The molecule has 5 N–H and O–H groups in total. The van der Waals surface area contributed by atoms with Gasteiger partial charge in [0.1, 0.15) is 12.1 Å². The van der Waals surface area contributed by atoms with Crippen molar-refractivity contribution < 1.29 is 19.5 Å². The van der Waals surface area contributed by atoms with Gasteiger partial charge in [0, 0.05) is 20.1 Å². The van der Waals surface area contributed by atoms with Crippen LogP contribution in [0.4, 0.5) is 0 Å². The second-order valence-corrected chi connectivity index (χ2v) is 6.94. The van der Waals surface area contributed by atoms with Gasteiger partial charge in [-0.15, -0.1) is 0 Å². The molecule has 25 heavy (non-hydrogen) atoms. The predicted molar refractivity (Wildman–Crippen MR) is 94.5 cm³/mol. The molecule has 2 unspecified atom stereocenters. The lowest BCUT2D eigenvalue weighted by Crippen LogP contribution is -2.53. The highest BCUT2D eigenvalue weighted by Gasteiger charge is 2.33. The van der Waals surface area contributed by atoms with Gasteiger partial charge >= 0.3 is 0 Å². The average molecular weight is 356 g/mol. The normalized spacial score (nSPS) is 18.3. The Kier molecular flexibility index (Phi) is 8.85. The number of hydrogen-bond acceptors (Lipinski definition) is 5. The van der Waals surface area contributed by atoms with E-state index >= 15 is 0 Å².